The first-order valence-corrected chi connectivity index (χ1v) is 7.76. The molecule has 0 aliphatic heterocycles. The first kappa shape index (κ1) is 18.5. The van der Waals surface area contributed by atoms with Gasteiger partial charge in [-0.15, -0.1) is 0 Å². The molecule has 0 radical (unpaired) electrons. The lowest BCUT2D eigenvalue weighted by Crippen LogP contribution is -2.40. The summed E-state index contributed by atoms with van der Waals surface area (Å²) < 4.78 is 5.25. The van der Waals surface area contributed by atoms with E-state index in [-0.39, 0.29) is 11.9 Å². The minimum atomic E-state index is -0.679. The van der Waals surface area contributed by atoms with Gasteiger partial charge in [0, 0.05) is 19.5 Å². The monoisotopic (exact) mass is 308 g/mol. The van der Waals surface area contributed by atoms with Gasteiger partial charge in [-0.2, -0.15) is 0 Å². The molecule has 0 saturated carbocycles. The molecule has 0 fully saturated rings. The van der Waals surface area contributed by atoms with Crippen LogP contribution in [0, 0.1) is 0 Å². The lowest BCUT2D eigenvalue weighted by Gasteiger charge is -2.28. The van der Waals surface area contributed by atoms with Crippen molar-refractivity contribution in [3.05, 3.63) is 23.8 Å². The zero-order chi connectivity index (χ0) is 16.8. The minimum absolute atomic E-state index is 0.0584. The van der Waals surface area contributed by atoms with Crippen LogP contribution in [-0.2, 0) is 4.79 Å². The van der Waals surface area contributed by atoms with Crippen LogP contribution in [0.3, 0.4) is 0 Å². The van der Waals surface area contributed by atoms with Gasteiger partial charge in [-0.3, -0.25) is 4.79 Å². The molecule has 0 aliphatic carbocycles. The Morgan fingerprint density at radius 1 is 1.36 bits per heavy atom. The van der Waals surface area contributed by atoms with Crippen LogP contribution in [0.4, 0.5) is 5.69 Å². The normalized spacial score (nSPS) is 12.8. The summed E-state index contributed by atoms with van der Waals surface area (Å²) >= 11 is 0. The molecule has 5 nitrogen and oxygen atoms in total. The lowest BCUT2D eigenvalue weighted by atomic mass is 9.96. The van der Waals surface area contributed by atoms with Crippen molar-refractivity contribution in [2.75, 3.05) is 19.0 Å². The number of hydrogen-bond acceptors (Lipinski definition) is 4. The summed E-state index contributed by atoms with van der Waals surface area (Å²) in [5.41, 5.74) is 1.00. The summed E-state index contributed by atoms with van der Waals surface area (Å²) in [6.45, 7) is 8.00. The summed E-state index contributed by atoms with van der Waals surface area (Å²) in [4.78, 5) is 11.3. The number of carbonyl (C=O) groups excluding carboxylic acids is 1. The average molecular weight is 308 g/mol. The Balaban J connectivity index is 2.85. The Bertz CT molecular complexity index is 499. The number of aliphatic hydroxyl groups is 1. The van der Waals surface area contributed by atoms with E-state index in [0.717, 1.165) is 5.56 Å². The molecule has 0 aromatic heterocycles. The first-order chi connectivity index (χ1) is 10.3. The first-order valence-electron chi connectivity index (χ1n) is 7.76. The number of amides is 1. The fourth-order valence-corrected chi connectivity index (χ4v) is 2.24. The topological polar surface area (TPSA) is 70.6 Å². The van der Waals surface area contributed by atoms with E-state index in [4.69, 9.17) is 4.74 Å². The zero-order valence-electron chi connectivity index (χ0n) is 14.2. The van der Waals surface area contributed by atoms with Crippen molar-refractivity contribution < 1.29 is 14.6 Å². The molecule has 1 aromatic carbocycles. The molecular formula is C17H28N2O3. The number of benzene rings is 1. The van der Waals surface area contributed by atoms with Gasteiger partial charge in [0.15, 0.2) is 0 Å². The van der Waals surface area contributed by atoms with Gasteiger partial charge >= 0.3 is 0 Å². The van der Waals surface area contributed by atoms with Gasteiger partial charge in [-0.1, -0.05) is 19.9 Å². The molecule has 0 spiro atoms. The molecule has 0 aliphatic rings. The third-order valence-corrected chi connectivity index (χ3v) is 4.09. The van der Waals surface area contributed by atoms with Crippen molar-refractivity contribution >= 4 is 11.6 Å². The number of methoxy groups -OCH3 is 1. The smallest absolute Gasteiger partial charge is 0.221 e. The van der Waals surface area contributed by atoms with Gasteiger partial charge in [0.05, 0.1) is 18.4 Å². The van der Waals surface area contributed by atoms with Gasteiger partial charge in [-0.05, 0) is 37.5 Å². The predicted molar refractivity (Wildman–Crippen MR) is 89.2 cm³/mol. The second-order valence-corrected chi connectivity index (χ2v) is 5.67. The Kier molecular flexibility index (Phi) is 6.84. The fraction of sp³-hybridized carbons (Fsp3) is 0.588. The summed E-state index contributed by atoms with van der Waals surface area (Å²) in [5.74, 6) is 0.493. The molecule has 1 atom stereocenters. The zero-order valence-corrected chi connectivity index (χ0v) is 14.2. The molecule has 124 valence electrons. The Morgan fingerprint density at radius 3 is 2.50 bits per heavy atom. The van der Waals surface area contributed by atoms with Crippen LogP contribution in [0.1, 0.15) is 52.1 Å². The van der Waals surface area contributed by atoms with Crippen LogP contribution >= 0.6 is 0 Å². The van der Waals surface area contributed by atoms with E-state index in [0.29, 0.717) is 30.8 Å². The molecule has 0 saturated heterocycles. The average Bonchev–Trinajstić information content (AvgIpc) is 2.51. The second-order valence-electron chi connectivity index (χ2n) is 5.67. The molecule has 0 heterocycles. The number of anilines is 1. The van der Waals surface area contributed by atoms with Gasteiger partial charge in [0.25, 0.3) is 0 Å². The van der Waals surface area contributed by atoms with Crippen molar-refractivity contribution in [1.82, 2.24) is 5.32 Å². The van der Waals surface area contributed by atoms with Crippen LogP contribution in [0.5, 0.6) is 5.75 Å². The molecular weight excluding hydrogens is 280 g/mol. The Labute approximate surface area is 133 Å². The maximum Gasteiger partial charge on any atom is 0.221 e. The maximum atomic E-state index is 11.3. The summed E-state index contributed by atoms with van der Waals surface area (Å²) in [6, 6.07) is 5.75. The summed E-state index contributed by atoms with van der Waals surface area (Å²) in [5, 5.41) is 16.5. The van der Waals surface area contributed by atoms with Gasteiger partial charge < -0.3 is 20.5 Å². The molecule has 5 heteroatoms. The van der Waals surface area contributed by atoms with Crippen LogP contribution in [0.2, 0.25) is 0 Å². The third kappa shape index (κ3) is 5.00. The Morgan fingerprint density at radius 2 is 2.00 bits per heavy atom. The number of hydrogen-bond donors (Lipinski definition) is 3. The van der Waals surface area contributed by atoms with Crippen molar-refractivity contribution in [3.63, 3.8) is 0 Å². The van der Waals surface area contributed by atoms with Gasteiger partial charge in [-0.25, -0.2) is 0 Å². The number of carbonyl (C=O) groups is 1. The molecule has 0 bridgehead atoms. The SMILES string of the molecule is CCC(O)(CC)CNC(C)c1ccc(OC)c(NC(C)=O)c1. The molecule has 1 aromatic rings. The predicted octanol–water partition coefficient (Wildman–Crippen LogP) is 2.86. The number of ether oxygens (including phenoxy) is 1. The Hall–Kier alpha value is -1.59. The van der Waals surface area contributed by atoms with Crippen LogP contribution in [0.25, 0.3) is 0 Å². The third-order valence-electron chi connectivity index (χ3n) is 4.09. The van der Waals surface area contributed by atoms with E-state index in [1.165, 1.54) is 6.92 Å². The summed E-state index contributed by atoms with van der Waals surface area (Å²) in [6.07, 6.45) is 1.42. The maximum absolute atomic E-state index is 11.3. The minimum Gasteiger partial charge on any atom is -0.495 e. The van der Waals surface area contributed by atoms with Crippen molar-refractivity contribution in [1.29, 1.82) is 0 Å². The number of nitrogens with one attached hydrogen (secondary N) is 2. The molecule has 1 amide bonds. The van der Waals surface area contributed by atoms with Gasteiger partial charge in [0.1, 0.15) is 5.75 Å². The van der Waals surface area contributed by atoms with Crippen LogP contribution < -0.4 is 15.4 Å². The highest BCUT2D eigenvalue weighted by Gasteiger charge is 2.22. The van der Waals surface area contributed by atoms with E-state index in [1.807, 2.05) is 39.0 Å². The quantitative estimate of drug-likeness (QED) is 0.690. The van der Waals surface area contributed by atoms with E-state index in [2.05, 4.69) is 10.6 Å². The largest absolute Gasteiger partial charge is 0.495 e. The number of rotatable bonds is 8. The fourth-order valence-electron chi connectivity index (χ4n) is 2.24. The van der Waals surface area contributed by atoms with E-state index in [9.17, 15) is 9.90 Å². The molecule has 22 heavy (non-hydrogen) atoms. The summed E-state index contributed by atoms with van der Waals surface area (Å²) in [7, 11) is 1.57. The van der Waals surface area contributed by atoms with Crippen molar-refractivity contribution in [3.8, 4) is 5.75 Å². The van der Waals surface area contributed by atoms with Crippen molar-refractivity contribution in [2.24, 2.45) is 0 Å². The molecule has 3 N–H and O–H groups in total. The lowest BCUT2D eigenvalue weighted by molar-refractivity contribution is -0.114. The highest BCUT2D eigenvalue weighted by molar-refractivity contribution is 5.90. The van der Waals surface area contributed by atoms with E-state index < -0.39 is 5.60 Å². The highest BCUT2D eigenvalue weighted by atomic mass is 16.5. The highest BCUT2D eigenvalue weighted by Crippen LogP contribution is 2.28. The van der Waals surface area contributed by atoms with Crippen LogP contribution in [0.15, 0.2) is 18.2 Å². The molecule has 1 unspecified atom stereocenters. The van der Waals surface area contributed by atoms with E-state index in [1.54, 1.807) is 7.11 Å². The standard InChI is InChI=1S/C17H28N2O3/c1-6-17(21,7-2)11-18-12(3)14-8-9-16(22-5)15(10-14)19-13(4)20/h8-10,12,18,21H,6-7,11H2,1-5H3,(H,19,20). The molecule has 1 rings (SSSR count). The van der Waals surface area contributed by atoms with Crippen molar-refractivity contribution in [2.45, 2.75) is 52.2 Å². The second kappa shape index (κ2) is 8.15. The van der Waals surface area contributed by atoms with E-state index >= 15 is 0 Å². The van der Waals surface area contributed by atoms with Crippen LogP contribution in [-0.4, -0.2) is 30.3 Å². The van der Waals surface area contributed by atoms with Gasteiger partial charge in [0.2, 0.25) is 5.91 Å².